The van der Waals surface area contributed by atoms with E-state index in [-0.39, 0.29) is 0 Å². The van der Waals surface area contributed by atoms with Crippen LogP contribution in [0.1, 0.15) is 75.3 Å². The molecule has 2 aliphatic carbocycles. The van der Waals surface area contributed by atoms with Crippen molar-refractivity contribution in [1.82, 2.24) is 0 Å². The number of hydrogen-bond acceptors (Lipinski definition) is 2. The first kappa shape index (κ1) is 15.7. The molecule has 2 nitrogen and oxygen atoms in total. The van der Waals surface area contributed by atoms with E-state index in [1.165, 1.54) is 86.7 Å². The molecular weight excluding hydrogens is 268 g/mol. The molecule has 2 fully saturated rings. The predicted molar refractivity (Wildman–Crippen MR) is 96.9 cm³/mol. The fraction of sp³-hybridized carbons (Fsp3) is 0.700. The molecule has 0 amide bonds. The SMILES string of the molecule is Cc1cc(C)c(NC2CCCCC2)cc1NC1CCCCC1. The normalized spacial score (nSPS) is 20.8. The quantitative estimate of drug-likeness (QED) is 0.735. The molecule has 22 heavy (non-hydrogen) atoms. The van der Waals surface area contributed by atoms with Crippen LogP contribution in [0, 0.1) is 13.8 Å². The van der Waals surface area contributed by atoms with Gasteiger partial charge >= 0.3 is 0 Å². The summed E-state index contributed by atoms with van der Waals surface area (Å²) in [4.78, 5) is 0. The Morgan fingerprint density at radius 1 is 0.636 bits per heavy atom. The van der Waals surface area contributed by atoms with Crippen molar-refractivity contribution < 1.29 is 0 Å². The maximum Gasteiger partial charge on any atom is 0.0392 e. The minimum atomic E-state index is 0.678. The minimum Gasteiger partial charge on any atom is -0.382 e. The van der Waals surface area contributed by atoms with E-state index in [2.05, 4.69) is 36.6 Å². The van der Waals surface area contributed by atoms with Crippen LogP contribution in [0.25, 0.3) is 0 Å². The van der Waals surface area contributed by atoms with Gasteiger partial charge in [0.2, 0.25) is 0 Å². The van der Waals surface area contributed by atoms with Crippen molar-refractivity contribution in [3.05, 3.63) is 23.3 Å². The van der Waals surface area contributed by atoms with Gasteiger partial charge in [0.25, 0.3) is 0 Å². The lowest BCUT2D eigenvalue weighted by Crippen LogP contribution is -2.24. The van der Waals surface area contributed by atoms with Gasteiger partial charge in [0.05, 0.1) is 0 Å². The summed E-state index contributed by atoms with van der Waals surface area (Å²) in [6.07, 6.45) is 13.7. The Labute approximate surface area is 136 Å². The topological polar surface area (TPSA) is 24.1 Å². The molecule has 0 saturated heterocycles. The first-order valence-corrected chi connectivity index (χ1v) is 9.37. The second-order valence-electron chi connectivity index (χ2n) is 7.44. The van der Waals surface area contributed by atoms with Crippen molar-refractivity contribution in [3.8, 4) is 0 Å². The molecule has 2 heteroatoms. The highest BCUT2D eigenvalue weighted by Crippen LogP contribution is 2.30. The molecule has 2 saturated carbocycles. The third kappa shape index (κ3) is 3.97. The zero-order valence-electron chi connectivity index (χ0n) is 14.4. The number of anilines is 2. The molecule has 2 aliphatic rings. The van der Waals surface area contributed by atoms with Crippen LogP contribution in [0.2, 0.25) is 0 Å². The second kappa shape index (κ2) is 7.39. The molecule has 1 aromatic rings. The van der Waals surface area contributed by atoms with Gasteiger partial charge in [0.15, 0.2) is 0 Å². The average Bonchev–Trinajstić information content (AvgIpc) is 2.54. The first-order chi connectivity index (χ1) is 10.7. The van der Waals surface area contributed by atoms with Crippen LogP contribution in [0.3, 0.4) is 0 Å². The van der Waals surface area contributed by atoms with Crippen molar-refractivity contribution in [1.29, 1.82) is 0 Å². The lowest BCUT2D eigenvalue weighted by Gasteiger charge is -2.28. The highest BCUT2D eigenvalue weighted by molar-refractivity contribution is 5.65. The van der Waals surface area contributed by atoms with Crippen LogP contribution >= 0.6 is 0 Å². The summed E-state index contributed by atoms with van der Waals surface area (Å²) in [6, 6.07) is 6.07. The molecule has 0 heterocycles. The van der Waals surface area contributed by atoms with E-state index in [4.69, 9.17) is 0 Å². The van der Waals surface area contributed by atoms with E-state index in [1.54, 1.807) is 0 Å². The van der Waals surface area contributed by atoms with Crippen LogP contribution in [-0.4, -0.2) is 12.1 Å². The average molecular weight is 300 g/mol. The monoisotopic (exact) mass is 300 g/mol. The van der Waals surface area contributed by atoms with E-state index in [0.29, 0.717) is 12.1 Å². The van der Waals surface area contributed by atoms with Crippen LogP contribution in [0.4, 0.5) is 11.4 Å². The number of hydrogen-bond donors (Lipinski definition) is 2. The molecule has 122 valence electrons. The zero-order chi connectivity index (χ0) is 15.4. The summed E-state index contributed by atoms with van der Waals surface area (Å²) >= 11 is 0. The molecule has 0 aromatic heterocycles. The minimum absolute atomic E-state index is 0.678. The predicted octanol–water partition coefficient (Wildman–Crippen LogP) is 5.79. The van der Waals surface area contributed by atoms with Crippen molar-refractivity contribution in [2.75, 3.05) is 10.6 Å². The summed E-state index contributed by atoms with van der Waals surface area (Å²) < 4.78 is 0. The Kier molecular flexibility index (Phi) is 5.28. The Hall–Kier alpha value is -1.18. The third-order valence-corrected chi connectivity index (χ3v) is 5.50. The largest absolute Gasteiger partial charge is 0.382 e. The molecule has 1 aromatic carbocycles. The van der Waals surface area contributed by atoms with Crippen LogP contribution < -0.4 is 10.6 Å². The number of benzene rings is 1. The number of rotatable bonds is 4. The van der Waals surface area contributed by atoms with Crippen LogP contribution in [-0.2, 0) is 0 Å². The van der Waals surface area contributed by atoms with Crippen molar-refractivity contribution >= 4 is 11.4 Å². The number of aryl methyl sites for hydroxylation is 2. The van der Waals surface area contributed by atoms with Crippen LogP contribution in [0.5, 0.6) is 0 Å². The van der Waals surface area contributed by atoms with Gasteiger partial charge in [0, 0.05) is 23.5 Å². The van der Waals surface area contributed by atoms with Crippen molar-refractivity contribution in [2.24, 2.45) is 0 Å². The molecule has 0 aliphatic heterocycles. The van der Waals surface area contributed by atoms with E-state index in [1.807, 2.05) is 0 Å². The third-order valence-electron chi connectivity index (χ3n) is 5.50. The van der Waals surface area contributed by atoms with Gasteiger partial charge in [-0.15, -0.1) is 0 Å². The van der Waals surface area contributed by atoms with Gasteiger partial charge in [-0.25, -0.2) is 0 Å². The molecule has 0 unspecified atom stereocenters. The van der Waals surface area contributed by atoms with Gasteiger partial charge in [-0.05, 0) is 56.7 Å². The maximum absolute atomic E-state index is 3.81. The Morgan fingerprint density at radius 3 is 1.45 bits per heavy atom. The molecule has 0 atom stereocenters. The summed E-state index contributed by atoms with van der Waals surface area (Å²) in [5.41, 5.74) is 5.46. The molecule has 3 rings (SSSR count). The van der Waals surface area contributed by atoms with Gasteiger partial charge in [-0.3, -0.25) is 0 Å². The Morgan fingerprint density at radius 2 is 1.05 bits per heavy atom. The van der Waals surface area contributed by atoms with Crippen LogP contribution in [0.15, 0.2) is 12.1 Å². The van der Waals surface area contributed by atoms with E-state index in [0.717, 1.165) is 0 Å². The zero-order valence-corrected chi connectivity index (χ0v) is 14.4. The molecule has 0 bridgehead atoms. The van der Waals surface area contributed by atoms with E-state index >= 15 is 0 Å². The summed E-state index contributed by atoms with van der Waals surface area (Å²) in [7, 11) is 0. The van der Waals surface area contributed by atoms with Gasteiger partial charge in [-0.1, -0.05) is 44.6 Å². The van der Waals surface area contributed by atoms with E-state index < -0.39 is 0 Å². The fourth-order valence-electron chi connectivity index (χ4n) is 4.10. The summed E-state index contributed by atoms with van der Waals surface area (Å²) in [5, 5.41) is 7.63. The van der Waals surface area contributed by atoms with Gasteiger partial charge in [-0.2, -0.15) is 0 Å². The van der Waals surface area contributed by atoms with Gasteiger partial charge in [0.1, 0.15) is 0 Å². The first-order valence-electron chi connectivity index (χ1n) is 9.37. The van der Waals surface area contributed by atoms with E-state index in [9.17, 15) is 0 Å². The highest BCUT2D eigenvalue weighted by Gasteiger charge is 2.17. The molecule has 2 N–H and O–H groups in total. The Bertz CT molecular complexity index is 441. The standard InChI is InChI=1S/C20H32N2/c1-15-13-16(2)20(22-18-11-7-4-8-12-18)14-19(15)21-17-9-5-3-6-10-17/h13-14,17-18,21-22H,3-12H2,1-2H3. The second-order valence-corrected chi connectivity index (χ2v) is 7.44. The summed E-state index contributed by atoms with van der Waals surface area (Å²) in [5.74, 6) is 0. The lowest BCUT2D eigenvalue weighted by atomic mass is 9.94. The number of nitrogens with one attached hydrogen (secondary N) is 2. The van der Waals surface area contributed by atoms with Crippen molar-refractivity contribution in [2.45, 2.75) is 90.1 Å². The summed E-state index contributed by atoms with van der Waals surface area (Å²) in [6.45, 7) is 4.48. The highest BCUT2D eigenvalue weighted by atomic mass is 14.9. The molecule has 0 spiro atoms. The lowest BCUT2D eigenvalue weighted by molar-refractivity contribution is 0.461. The van der Waals surface area contributed by atoms with Crippen molar-refractivity contribution in [3.63, 3.8) is 0 Å². The fourth-order valence-corrected chi connectivity index (χ4v) is 4.10. The van der Waals surface area contributed by atoms with Gasteiger partial charge < -0.3 is 10.6 Å². The molecule has 0 radical (unpaired) electrons. The maximum atomic E-state index is 3.81. The smallest absolute Gasteiger partial charge is 0.0392 e. The molecular formula is C20H32N2. The Balaban J connectivity index is 1.70.